The molecule has 0 saturated heterocycles. The first-order chi connectivity index (χ1) is 16.8. The molecule has 2 heterocycles. The number of carbonyl (C=O) groups excluding carboxylic acids is 2. The van der Waals surface area contributed by atoms with Crippen LogP contribution in [0.25, 0.3) is 0 Å². The highest BCUT2D eigenvalue weighted by molar-refractivity contribution is 7.93. The summed E-state index contributed by atoms with van der Waals surface area (Å²) in [5, 5.41) is 5.51. The molecule has 1 atom stereocenters. The number of ether oxygens (including phenoxy) is 1. The number of sulfonamides is 1. The second-order valence-electron chi connectivity index (χ2n) is 8.14. The van der Waals surface area contributed by atoms with Crippen LogP contribution in [0.2, 0.25) is 0 Å². The van der Waals surface area contributed by atoms with Gasteiger partial charge in [0.15, 0.2) is 0 Å². The van der Waals surface area contributed by atoms with E-state index in [1.807, 2.05) is 12.1 Å². The molecule has 2 amide bonds. The van der Waals surface area contributed by atoms with E-state index < -0.39 is 27.9 Å². The number of para-hydroxylation sites is 2. The quantitative estimate of drug-likeness (QED) is 0.497. The van der Waals surface area contributed by atoms with Crippen molar-refractivity contribution in [1.82, 2.24) is 10.3 Å². The molecule has 4 rings (SSSR count). The summed E-state index contributed by atoms with van der Waals surface area (Å²) in [6.45, 7) is 2.11. The number of methoxy groups -OCH3 is 1. The number of aromatic nitrogens is 1. The third-order valence-corrected chi connectivity index (χ3v) is 7.55. The Morgan fingerprint density at radius 3 is 2.63 bits per heavy atom. The number of hydrogen-bond donors (Lipinski definition) is 2. The van der Waals surface area contributed by atoms with Crippen LogP contribution >= 0.6 is 0 Å². The molecule has 0 bridgehead atoms. The lowest BCUT2D eigenvalue weighted by Crippen LogP contribution is -2.52. The van der Waals surface area contributed by atoms with Crippen molar-refractivity contribution in [1.29, 1.82) is 0 Å². The summed E-state index contributed by atoms with van der Waals surface area (Å²) in [5.74, 6) is -0.863. The largest absolute Gasteiger partial charge is 0.495 e. The number of anilines is 2. The number of benzene rings is 2. The second kappa shape index (κ2) is 10.1. The average Bonchev–Trinajstić information content (AvgIpc) is 2.85. The van der Waals surface area contributed by atoms with E-state index in [0.29, 0.717) is 24.2 Å². The van der Waals surface area contributed by atoms with Crippen LogP contribution in [0.15, 0.2) is 71.9 Å². The number of carbonyl (C=O) groups is 2. The Hall–Kier alpha value is -3.92. The Bertz CT molecular complexity index is 1340. The molecule has 1 aromatic heterocycles. The van der Waals surface area contributed by atoms with Gasteiger partial charge in [0.2, 0.25) is 11.8 Å². The predicted molar refractivity (Wildman–Crippen MR) is 132 cm³/mol. The highest BCUT2D eigenvalue weighted by atomic mass is 32.2. The molecule has 2 N–H and O–H groups in total. The van der Waals surface area contributed by atoms with E-state index in [1.165, 1.54) is 13.2 Å². The smallest absolute Gasteiger partial charge is 0.268 e. The van der Waals surface area contributed by atoms with Gasteiger partial charge in [-0.2, -0.15) is 0 Å². The maximum atomic E-state index is 13.9. The molecule has 1 unspecified atom stereocenters. The highest BCUT2D eigenvalue weighted by Crippen LogP contribution is 2.39. The summed E-state index contributed by atoms with van der Waals surface area (Å²) >= 11 is 0. The maximum absolute atomic E-state index is 13.9. The molecule has 182 valence electrons. The third kappa shape index (κ3) is 5.12. The van der Waals surface area contributed by atoms with Crippen molar-refractivity contribution in [2.75, 3.05) is 23.3 Å². The van der Waals surface area contributed by atoms with Gasteiger partial charge in [0.1, 0.15) is 16.7 Å². The highest BCUT2D eigenvalue weighted by Gasteiger charge is 2.43. The second-order valence-corrected chi connectivity index (χ2v) is 9.92. The van der Waals surface area contributed by atoms with Crippen molar-refractivity contribution < 1.29 is 22.7 Å². The van der Waals surface area contributed by atoms with E-state index in [2.05, 4.69) is 15.6 Å². The van der Waals surface area contributed by atoms with Gasteiger partial charge in [0.05, 0.1) is 24.9 Å². The zero-order valence-electron chi connectivity index (χ0n) is 19.4. The van der Waals surface area contributed by atoms with E-state index >= 15 is 0 Å². The SMILES string of the molecule is COc1ccc(C)cc1S(=O)(=O)N1c2ccccc2NC(=O)C1CC(=O)NCCc1ccncc1. The van der Waals surface area contributed by atoms with Crippen LogP contribution in [0.3, 0.4) is 0 Å². The van der Waals surface area contributed by atoms with E-state index in [1.54, 1.807) is 55.7 Å². The Morgan fingerprint density at radius 1 is 1.14 bits per heavy atom. The molecule has 2 aromatic carbocycles. The average molecular weight is 495 g/mol. The molecule has 0 fully saturated rings. The summed E-state index contributed by atoms with van der Waals surface area (Å²) in [7, 11) is -2.89. The van der Waals surface area contributed by atoms with Gasteiger partial charge in [0.25, 0.3) is 10.0 Å². The number of nitrogens with zero attached hydrogens (tertiary/aromatic N) is 2. The molecule has 1 aliphatic heterocycles. The van der Waals surface area contributed by atoms with Gasteiger partial charge in [-0.3, -0.25) is 18.9 Å². The monoisotopic (exact) mass is 494 g/mol. The Morgan fingerprint density at radius 2 is 1.89 bits per heavy atom. The molecule has 0 spiro atoms. The van der Waals surface area contributed by atoms with Crippen LogP contribution in [-0.4, -0.2) is 44.9 Å². The van der Waals surface area contributed by atoms with Gasteiger partial charge in [-0.15, -0.1) is 0 Å². The zero-order chi connectivity index (χ0) is 25.0. The zero-order valence-corrected chi connectivity index (χ0v) is 20.2. The summed E-state index contributed by atoms with van der Waals surface area (Å²) in [5.41, 5.74) is 2.34. The fraction of sp³-hybridized carbons (Fsp3) is 0.240. The molecule has 10 heteroatoms. The molecule has 1 aliphatic rings. The molecule has 0 aliphatic carbocycles. The van der Waals surface area contributed by atoms with Gasteiger partial charge in [-0.05, 0) is 60.9 Å². The summed E-state index contributed by atoms with van der Waals surface area (Å²) < 4.78 is 34.2. The minimum Gasteiger partial charge on any atom is -0.495 e. The van der Waals surface area contributed by atoms with Gasteiger partial charge in [-0.25, -0.2) is 8.42 Å². The maximum Gasteiger partial charge on any atom is 0.268 e. The standard InChI is InChI=1S/C25H26N4O5S/c1-17-7-8-22(34-2)23(15-17)35(32,33)29-20-6-4-3-5-19(20)28-25(31)21(29)16-24(30)27-14-11-18-9-12-26-13-10-18/h3-10,12-13,15,21H,11,14,16H2,1-2H3,(H,27,30)(H,28,31). The Labute approximate surface area is 204 Å². The lowest BCUT2D eigenvalue weighted by atomic mass is 10.1. The first-order valence-electron chi connectivity index (χ1n) is 11.1. The van der Waals surface area contributed by atoms with Crippen molar-refractivity contribution in [3.05, 3.63) is 78.1 Å². The lowest BCUT2D eigenvalue weighted by molar-refractivity contribution is -0.125. The summed E-state index contributed by atoms with van der Waals surface area (Å²) in [6, 6.07) is 13.8. The molecule has 0 radical (unpaired) electrons. The van der Waals surface area contributed by atoms with Crippen LogP contribution in [-0.2, 0) is 26.0 Å². The van der Waals surface area contributed by atoms with Crippen molar-refractivity contribution in [3.8, 4) is 5.75 Å². The van der Waals surface area contributed by atoms with E-state index in [9.17, 15) is 18.0 Å². The van der Waals surface area contributed by atoms with Crippen LogP contribution < -0.4 is 19.7 Å². The normalized spacial score (nSPS) is 15.2. The lowest BCUT2D eigenvalue weighted by Gasteiger charge is -2.37. The van der Waals surface area contributed by atoms with Gasteiger partial charge in [-0.1, -0.05) is 18.2 Å². The molecule has 9 nitrogen and oxygen atoms in total. The Kier molecular flexibility index (Phi) is 7.02. The number of pyridine rings is 1. The van der Waals surface area contributed by atoms with Crippen molar-refractivity contribution in [2.24, 2.45) is 0 Å². The van der Waals surface area contributed by atoms with Gasteiger partial charge >= 0.3 is 0 Å². The number of nitrogens with one attached hydrogen (secondary N) is 2. The van der Waals surface area contributed by atoms with Crippen LogP contribution in [0.5, 0.6) is 5.75 Å². The summed E-state index contributed by atoms with van der Waals surface area (Å²) in [6.07, 6.45) is 3.58. The van der Waals surface area contributed by atoms with Crippen LogP contribution in [0, 0.1) is 6.92 Å². The van der Waals surface area contributed by atoms with Crippen LogP contribution in [0.1, 0.15) is 17.5 Å². The number of amides is 2. The number of hydrogen-bond acceptors (Lipinski definition) is 6. The predicted octanol–water partition coefficient (Wildman–Crippen LogP) is 2.66. The van der Waals surface area contributed by atoms with Crippen molar-refractivity contribution >= 4 is 33.2 Å². The first-order valence-corrected chi connectivity index (χ1v) is 12.5. The minimum absolute atomic E-state index is 0.0763. The fourth-order valence-corrected chi connectivity index (χ4v) is 5.85. The molecular formula is C25H26N4O5S. The number of fused-ring (bicyclic) bond motifs is 1. The van der Waals surface area contributed by atoms with E-state index in [0.717, 1.165) is 9.87 Å². The molecule has 3 aromatic rings. The Balaban J connectivity index is 1.65. The minimum atomic E-state index is -4.27. The molecule has 0 saturated carbocycles. The molecular weight excluding hydrogens is 468 g/mol. The van der Waals surface area contributed by atoms with Crippen molar-refractivity contribution in [3.63, 3.8) is 0 Å². The van der Waals surface area contributed by atoms with Gasteiger partial charge < -0.3 is 15.4 Å². The topological polar surface area (TPSA) is 118 Å². The first kappa shape index (κ1) is 24.2. The van der Waals surface area contributed by atoms with Crippen LogP contribution in [0.4, 0.5) is 11.4 Å². The molecule has 35 heavy (non-hydrogen) atoms. The van der Waals surface area contributed by atoms with E-state index in [4.69, 9.17) is 4.74 Å². The van der Waals surface area contributed by atoms with Gasteiger partial charge in [0, 0.05) is 18.9 Å². The third-order valence-electron chi connectivity index (χ3n) is 5.71. The summed E-state index contributed by atoms with van der Waals surface area (Å²) in [4.78, 5) is 29.7. The van der Waals surface area contributed by atoms with E-state index in [-0.39, 0.29) is 22.8 Å². The van der Waals surface area contributed by atoms with Crippen molar-refractivity contribution in [2.45, 2.75) is 30.7 Å². The number of aryl methyl sites for hydroxylation is 1. The number of rotatable bonds is 8. The fourth-order valence-electron chi connectivity index (χ4n) is 3.97.